The van der Waals surface area contributed by atoms with Gasteiger partial charge in [-0.05, 0) is 55.0 Å². The Morgan fingerprint density at radius 1 is 0.679 bits per heavy atom. The first-order chi connectivity index (χ1) is 13.9. The molecular formula is C26H29NO. The van der Waals surface area contributed by atoms with Crippen molar-refractivity contribution < 1.29 is 5.11 Å². The van der Waals surface area contributed by atoms with E-state index in [9.17, 15) is 5.11 Å². The van der Waals surface area contributed by atoms with E-state index in [1.807, 2.05) is 0 Å². The highest BCUT2D eigenvalue weighted by molar-refractivity contribution is 5.49. The van der Waals surface area contributed by atoms with Crippen LogP contribution in [-0.2, 0) is 5.54 Å². The molecule has 1 heterocycles. The summed E-state index contributed by atoms with van der Waals surface area (Å²) in [7, 11) is 0. The van der Waals surface area contributed by atoms with E-state index in [1.54, 1.807) is 0 Å². The molecule has 1 aliphatic heterocycles. The third kappa shape index (κ3) is 3.50. The number of hydrogen-bond acceptors (Lipinski definition) is 2. The van der Waals surface area contributed by atoms with Crippen molar-refractivity contribution in [3.05, 3.63) is 108 Å². The maximum absolute atomic E-state index is 9.36. The molecule has 2 heteroatoms. The van der Waals surface area contributed by atoms with Gasteiger partial charge in [-0.25, -0.2) is 0 Å². The standard InChI is InChI=1S/C26H29NO/c28-21-18-22-16-19-27(20-17-22)26(23-10-4-1-5-11-23,24-12-6-2-7-13-24)25-14-8-3-9-15-25/h1-15,22,28H,16-21H2. The highest BCUT2D eigenvalue weighted by Crippen LogP contribution is 2.44. The summed E-state index contributed by atoms with van der Waals surface area (Å²) in [5, 5.41) is 9.36. The summed E-state index contributed by atoms with van der Waals surface area (Å²) in [5.74, 6) is 0.626. The summed E-state index contributed by atoms with van der Waals surface area (Å²) in [6.45, 7) is 2.36. The summed E-state index contributed by atoms with van der Waals surface area (Å²) < 4.78 is 0. The molecule has 1 aliphatic rings. The van der Waals surface area contributed by atoms with Crippen LogP contribution in [0.4, 0.5) is 0 Å². The van der Waals surface area contributed by atoms with Crippen molar-refractivity contribution in [2.24, 2.45) is 5.92 Å². The van der Waals surface area contributed by atoms with Gasteiger partial charge in [-0.1, -0.05) is 91.0 Å². The van der Waals surface area contributed by atoms with Crippen molar-refractivity contribution in [2.45, 2.75) is 24.8 Å². The highest BCUT2D eigenvalue weighted by Gasteiger charge is 2.43. The lowest BCUT2D eigenvalue weighted by molar-refractivity contribution is 0.0923. The van der Waals surface area contributed by atoms with E-state index in [0.717, 1.165) is 32.4 Å². The number of likely N-dealkylation sites (tertiary alicyclic amines) is 1. The molecule has 1 saturated heterocycles. The maximum atomic E-state index is 9.36. The van der Waals surface area contributed by atoms with Crippen LogP contribution in [0.5, 0.6) is 0 Å². The molecule has 0 unspecified atom stereocenters. The zero-order valence-corrected chi connectivity index (χ0v) is 16.4. The second kappa shape index (κ2) is 8.72. The second-order valence-corrected chi connectivity index (χ2v) is 7.75. The normalized spacial score (nSPS) is 16.2. The molecule has 4 rings (SSSR count). The fraction of sp³-hybridized carbons (Fsp3) is 0.308. The molecule has 0 amide bonds. The average Bonchev–Trinajstić information content (AvgIpc) is 2.78. The van der Waals surface area contributed by atoms with Crippen molar-refractivity contribution in [2.75, 3.05) is 19.7 Å². The number of piperidine rings is 1. The van der Waals surface area contributed by atoms with Crippen LogP contribution in [0, 0.1) is 5.92 Å². The minimum Gasteiger partial charge on any atom is -0.396 e. The number of hydrogen-bond donors (Lipinski definition) is 1. The molecule has 3 aromatic rings. The Bertz CT molecular complexity index is 743. The molecule has 1 fully saturated rings. The van der Waals surface area contributed by atoms with Crippen molar-refractivity contribution in [1.29, 1.82) is 0 Å². The first-order valence-corrected chi connectivity index (χ1v) is 10.4. The van der Waals surface area contributed by atoms with Crippen LogP contribution in [-0.4, -0.2) is 29.7 Å². The Balaban J connectivity index is 1.87. The van der Waals surface area contributed by atoms with Crippen LogP contribution in [0.2, 0.25) is 0 Å². The molecule has 0 aliphatic carbocycles. The maximum Gasteiger partial charge on any atom is 0.0972 e. The van der Waals surface area contributed by atoms with E-state index >= 15 is 0 Å². The number of benzene rings is 3. The third-order valence-electron chi connectivity index (χ3n) is 6.20. The molecule has 1 N–H and O–H groups in total. The van der Waals surface area contributed by atoms with Crippen LogP contribution >= 0.6 is 0 Å². The Morgan fingerprint density at radius 2 is 1.07 bits per heavy atom. The Labute approximate surface area is 168 Å². The van der Waals surface area contributed by atoms with Gasteiger partial charge in [0.25, 0.3) is 0 Å². The third-order valence-corrected chi connectivity index (χ3v) is 6.20. The Morgan fingerprint density at radius 3 is 1.43 bits per heavy atom. The molecule has 0 spiro atoms. The van der Waals surface area contributed by atoms with Gasteiger partial charge in [0.1, 0.15) is 0 Å². The average molecular weight is 372 g/mol. The summed E-state index contributed by atoms with van der Waals surface area (Å²) >= 11 is 0. The smallest absolute Gasteiger partial charge is 0.0972 e. The van der Waals surface area contributed by atoms with E-state index in [1.165, 1.54) is 16.7 Å². The first kappa shape index (κ1) is 18.9. The van der Waals surface area contributed by atoms with Crippen LogP contribution in [0.15, 0.2) is 91.0 Å². The van der Waals surface area contributed by atoms with Gasteiger partial charge < -0.3 is 5.11 Å². The van der Waals surface area contributed by atoms with Crippen molar-refractivity contribution in [3.63, 3.8) is 0 Å². The zero-order chi connectivity index (χ0) is 19.2. The van der Waals surface area contributed by atoms with Gasteiger partial charge in [-0.15, -0.1) is 0 Å². The number of rotatable bonds is 6. The van der Waals surface area contributed by atoms with Crippen LogP contribution in [0.25, 0.3) is 0 Å². The molecule has 0 atom stereocenters. The molecular weight excluding hydrogens is 342 g/mol. The van der Waals surface area contributed by atoms with Gasteiger partial charge in [0.05, 0.1) is 5.54 Å². The molecule has 144 valence electrons. The first-order valence-electron chi connectivity index (χ1n) is 10.4. The number of aliphatic hydroxyl groups is 1. The lowest BCUT2D eigenvalue weighted by Crippen LogP contribution is -2.51. The minimum absolute atomic E-state index is 0.297. The molecule has 3 aromatic carbocycles. The van der Waals surface area contributed by atoms with Gasteiger partial charge in [0.2, 0.25) is 0 Å². The van der Waals surface area contributed by atoms with E-state index in [2.05, 4.69) is 95.9 Å². The van der Waals surface area contributed by atoms with Gasteiger partial charge in [-0.2, -0.15) is 0 Å². The fourth-order valence-electron chi connectivity index (χ4n) is 4.83. The van der Waals surface area contributed by atoms with Crippen molar-refractivity contribution in [3.8, 4) is 0 Å². The lowest BCUT2D eigenvalue weighted by Gasteiger charge is -2.48. The topological polar surface area (TPSA) is 23.5 Å². The summed E-state index contributed by atoms with van der Waals surface area (Å²) in [6.07, 6.45) is 3.19. The Kier molecular flexibility index (Phi) is 5.90. The molecule has 0 bridgehead atoms. The quantitative estimate of drug-likeness (QED) is 0.611. The van der Waals surface area contributed by atoms with Crippen LogP contribution in [0.3, 0.4) is 0 Å². The second-order valence-electron chi connectivity index (χ2n) is 7.75. The largest absolute Gasteiger partial charge is 0.396 e. The zero-order valence-electron chi connectivity index (χ0n) is 16.4. The monoisotopic (exact) mass is 371 g/mol. The summed E-state index contributed by atoms with van der Waals surface area (Å²) in [6, 6.07) is 32.8. The number of nitrogens with zero attached hydrogens (tertiary/aromatic N) is 1. The van der Waals surface area contributed by atoms with Crippen LogP contribution < -0.4 is 0 Å². The lowest BCUT2D eigenvalue weighted by atomic mass is 9.74. The van der Waals surface area contributed by atoms with E-state index < -0.39 is 0 Å². The van der Waals surface area contributed by atoms with Gasteiger partial charge in [0, 0.05) is 6.61 Å². The van der Waals surface area contributed by atoms with Crippen molar-refractivity contribution >= 4 is 0 Å². The predicted octanol–water partition coefficient (Wildman–Crippen LogP) is 5.07. The molecule has 0 aromatic heterocycles. The van der Waals surface area contributed by atoms with Gasteiger partial charge >= 0.3 is 0 Å². The SMILES string of the molecule is OCCC1CCN(C(c2ccccc2)(c2ccccc2)c2ccccc2)CC1. The number of aliphatic hydroxyl groups excluding tert-OH is 1. The molecule has 0 radical (unpaired) electrons. The van der Waals surface area contributed by atoms with Gasteiger partial charge in [0.15, 0.2) is 0 Å². The van der Waals surface area contributed by atoms with E-state index in [4.69, 9.17) is 0 Å². The molecule has 0 saturated carbocycles. The highest BCUT2D eigenvalue weighted by atomic mass is 16.3. The Hall–Kier alpha value is -2.42. The molecule has 2 nitrogen and oxygen atoms in total. The minimum atomic E-state index is -0.298. The van der Waals surface area contributed by atoms with Gasteiger partial charge in [-0.3, -0.25) is 4.90 Å². The van der Waals surface area contributed by atoms with E-state index in [0.29, 0.717) is 12.5 Å². The van der Waals surface area contributed by atoms with Crippen molar-refractivity contribution in [1.82, 2.24) is 4.90 Å². The molecule has 28 heavy (non-hydrogen) atoms. The predicted molar refractivity (Wildman–Crippen MR) is 115 cm³/mol. The summed E-state index contributed by atoms with van der Waals surface area (Å²) in [4.78, 5) is 2.65. The summed E-state index contributed by atoms with van der Waals surface area (Å²) in [5.41, 5.74) is 3.64. The van der Waals surface area contributed by atoms with Crippen LogP contribution in [0.1, 0.15) is 36.0 Å². The fourth-order valence-corrected chi connectivity index (χ4v) is 4.83. The van der Waals surface area contributed by atoms with E-state index in [-0.39, 0.29) is 5.54 Å².